The maximum atomic E-state index is 13.4. The summed E-state index contributed by atoms with van der Waals surface area (Å²) in [6.07, 6.45) is 1.52. The highest BCUT2D eigenvalue weighted by Gasteiger charge is 2.34. The molecule has 10 heteroatoms. The van der Waals surface area contributed by atoms with Gasteiger partial charge in [-0.2, -0.15) is 0 Å². The highest BCUT2D eigenvalue weighted by atomic mass is 35.5. The van der Waals surface area contributed by atoms with E-state index >= 15 is 0 Å². The Bertz CT molecular complexity index is 1230. The van der Waals surface area contributed by atoms with Crippen LogP contribution in [0, 0.1) is 5.82 Å². The third kappa shape index (κ3) is 4.88. The van der Waals surface area contributed by atoms with Gasteiger partial charge in [-0.05, 0) is 48.7 Å². The van der Waals surface area contributed by atoms with Gasteiger partial charge in [-0.1, -0.05) is 29.3 Å². The van der Waals surface area contributed by atoms with Gasteiger partial charge in [-0.25, -0.2) is 17.8 Å². The van der Waals surface area contributed by atoms with E-state index < -0.39 is 20.9 Å². The monoisotopic (exact) mass is 514 g/mol. The van der Waals surface area contributed by atoms with Crippen LogP contribution in [0.2, 0.25) is 10.0 Å². The SMILES string of the molecule is COc1ccc(Cl)cc1S(=O)(=O)C1CCN(c2nc(Cc3ccc(F)c(Cl)c3)cs2)CC1. The van der Waals surface area contributed by atoms with Crippen molar-refractivity contribution < 1.29 is 17.5 Å². The minimum Gasteiger partial charge on any atom is -0.495 e. The number of hydrogen-bond donors (Lipinski definition) is 0. The second-order valence-electron chi connectivity index (χ2n) is 7.57. The number of benzene rings is 2. The van der Waals surface area contributed by atoms with E-state index in [4.69, 9.17) is 27.9 Å². The average molecular weight is 515 g/mol. The normalized spacial score (nSPS) is 15.2. The minimum atomic E-state index is -3.57. The van der Waals surface area contributed by atoms with Gasteiger partial charge in [0.25, 0.3) is 0 Å². The van der Waals surface area contributed by atoms with Crippen LogP contribution >= 0.6 is 34.5 Å². The van der Waals surface area contributed by atoms with Gasteiger partial charge in [0.15, 0.2) is 15.0 Å². The number of halogens is 3. The van der Waals surface area contributed by atoms with Crippen LogP contribution in [0.1, 0.15) is 24.1 Å². The Labute approximate surface area is 200 Å². The molecule has 4 rings (SSSR count). The van der Waals surface area contributed by atoms with E-state index in [2.05, 4.69) is 9.88 Å². The lowest BCUT2D eigenvalue weighted by Gasteiger charge is -2.31. The number of anilines is 1. The fraction of sp³-hybridized carbons (Fsp3) is 0.318. The number of sulfone groups is 1. The molecule has 1 saturated heterocycles. The zero-order valence-electron chi connectivity index (χ0n) is 17.2. The summed E-state index contributed by atoms with van der Waals surface area (Å²) >= 11 is 13.4. The molecule has 2 aromatic carbocycles. The number of methoxy groups -OCH3 is 1. The van der Waals surface area contributed by atoms with E-state index in [0.717, 1.165) is 16.4 Å². The van der Waals surface area contributed by atoms with Crippen molar-refractivity contribution in [3.63, 3.8) is 0 Å². The Morgan fingerprint density at radius 1 is 1.19 bits per heavy atom. The van der Waals surface area contributed by atoms with E-state index in [-0.39, 0.29) is 9.92 Å². The topological polar surface area (TPSA) is 59.5 Å². The molecule has 32 heavy (non-hydrogen) atoms. The third-order valence-electron chi connectivity index (χ3n) is 5.49. The molecular weight excluding hydrogens is 494 g/mol. The maximum Gasteiger partial charge on any atom is 0.185 e. The average Bonchev–Trinajstić information content (AvgIpc) is 3.25. The fourth-order valence-electron chi connectivity index (χ4n) is 3.79. The molecule has 0 unspecified atom stereocenters. The van der Waals surface area contributed by atoms with Crippen LogP contribution in [-0.2, 0) is 16.3 Å². The lowest BCUT2D eigenvalue weighted by atomic mass is 10.1. The van der Waals surface area contributed by atoms with Gasteiger partial charge < -0.3 is 9.64 Å². The summed E-state index contributed by atoms with van der Waals surface area (Å²) < 4.78 is 45.0. The molecule has 1 aliphatic heterocycles. The molecule has 0 saturated carbocycles. The number of ether oxygens (including phenoxy) is 1. The predicted octanol–water partition coefficient (Wildman–Crippen LogP) is 5.63. The lowest BCUT2D eigenvalue weighted by Crippen LogP contribution is -2.39. The number of piperidine rings is 1. The van der Waals surface area contributed by atoms with Crippen molar-refractivity contribution in [3.05, 3.63) is 68.9 Å². The number of hydrogen-bond acceptors (Lipinski definition) is 6. The van der Waals surface area contributed by atoms with Gasteiger partial charge in [-0.15, -0.1) is 11.3 Å². The molecule has 0 atom stereocenters. The van der Waals surface area contributed by atoms with Crippen molar-refractivity contribution in [2.75, 3.05) is 25.1 Å². The van der Waals surface area contributed by atoms with Gasteiger partial charge >= 0.3 is 0 Å². The van der Waals surface area contributed by atoms with Crippen LogP contribution in [0.25, 0.3) is 0 Å². The summed E-state index contributed by atoms with van der Waals surface area (Å²) in [5, 5.41) is 2.76. The highest BCUT2D eigenvalue weighted by Crippen LogP contribution is 2.34. The summed E-state index contributed by atoms with van der Waals surface area (Å²) in [5.41, 5.74) is 1.75. The summed E-state index contributed by atoms with van der Waals surface area (Å²) in [6.45, 7) is 1.17. The molecule has 0 spiro atoms. The van der Waals surface area contributed by atoms with E-state index in [1.54, 1.807) is 24.3 Å². The Morgan fingerprint density at radius 3 is 2.62 bits per heavy atom. The first kappa shape index (κ1) is 23.3. The molecule has 3 aromatic rings. The smallest absolute Gasteiger partial charge is 0.185 e. The van der Waals surface area contributed by atoms with Crippen LogP contribution in [0.15, 0.2) is 46.7 Å². The molecule has 0 bridgehead atoms. The molecule has 0 amide bonds. The van der Waals surface area contributed by atoms with Crippen LogP contribution in [0.4, 0.5) is 9.52 Å². The summed E-state index contributed by atoms with van der Waals surface area (Å²) in [6, 6.07) is 9.30. The van der Waals surface area contributed by atoms with Crippen molar-refractivity contribution in [1.82, 2.24) is 4.98 Å². The molecule has 2 heterocycles. The Balaban J connectivity index is 1.43. The quantitative estimate of drug-likeness (QED) is 0.426. The van der Waals surface area contributed by atoms with Gasteiger partial charge in [0, 0.05) is 29.9 Å². The van der Waals surface area contributed by atoms with Crippen LogP contribution < -0.4 is 9.64 Å². The van der Waals surface area contributed by atoms with Gasteiger partial charge in [0.05, 0.1) is 23.1 Å². The second-order valence-corrected chi connectivity index (χ2v) is 11.4. The van der Waals surface area contributed by atoms with Crippen molar-refractivity contribution in [2.24, 2.45) is 0 Å². The molecular formula is C22H21Cl2FN2O3S2. The second kappa shape index (κ2) is 9.55. The van der Waals surface area contributed by atoms with E-state index in [9.17, 15) is 12.8 Å². The zero-order chi connectivity index (χ0) is 22.9. The van der Waals surface area contributed by atoms with Gasteiger partial charge in [-0.3, -0.25) is 0 Å². The molecule has 0 radical (unpaired) electrons. The highest BCUT2D eigenvalue weighted by molar-refractivity contribution is 7.92. The molecule has 1 aliphatic rings. The maximum absolute atomic E-state index is 13.4. The number of aromatic nitrogens is 1. The molecule has 0 aliphatic carbocycles. The lowest BCUT2D eigenvalue weighted by molar-refractivity contribution is 0.402. The van der Waals surface area contributed by atoms with Gasteiger partial charge in [0.1, 0.15) is 16.5 Å². The number of thiazole rings is 1. The van der Waals surface area contributed by atoms with Crippen LogP contribution in [0.5, 0.6) is 5.75 Å². The Kier molecular flexibility index (Phi) is 6.95. The summed E-state index contributed by atoms with van der Waals surface area (Å²) in [5.74, 6) is -0.134. The molecule has 1 aromatic heterocycles. The van der Waals surface area contributed by atoms with Gasteiger partial charge in [0.2, 0.25) is 0 Å². The first-order valence-corrected chi connectivity index (χ1v) is 13.2. The summed E-state index contributed by atoms with van der Waals surface area (Å²) in [4.78, 5) is 6.93. The standard InChI is InChI=1S/C22H21Cl2FN2O3S2/c1-30-20-5-3-15(23)12-21(20)32(28,29)17-6-8-27(9-7-17)22-26-16(13-31-22)10-14-2-4-19(25)18(24)11-14/h2-5,11-13,17H,6-10H2,1H3. The van der Waals surface area contributed by atoms with E-state index in [1.165, 1.54) is 30.6 Å². The first-order chi connectivity index (χ1) is 15.3. The number of rotatable bonds is 6. The Morgan fingerprint density at radius 2 is 1.94 bits per heavy atom. The molecule has 0 N–H and O–H groups in total. The largest absolute Gasteiger partial charge is 0.495 e. The van der Waals surface area contributed by atoms with Crippen molar-refractivity contribution in [2.45, 2.75) is 29.4 Å². The van der Waals surface area contributed by atoms with Crippen molar-refractivity contribution >= 4 is 49.5 Å². The predicted molar refractivity (Wildman–Crippen MR) is 127 cm³/mol. The number of nitrogens with zero attached hydrogens (tertiary/aromatic N) is 2. The molecule has 1 fully saturated rings. The van der Waals surface area contributed by atoms with Crippen LogP contribution in [0.3, 0.4) is 0 Å². The van der Waals surface area contributed by atoms with E-state index in [0.29, 0.717) is 43.1 Å². The Hall–Kier alpha value is -1.87. The van der Waals surface area contributed by atoms with E-state index in [1.807, 2.05) is 5.38 Å². The fourth-order valence-corrected chi connectivity index (χ4v) is 7.02. The van der Waals surface area contributed by atoms with Crippen molar-refractivity contribution in [3.8, 4) is 5.75 Å². The molecule has 170 valence electrons. The molecule has 5 nitrogen and oxygen atoms in total. The minimum absolute atomic E-state index is 0.0950. The summed E-state index contributed by atoms with van der Waals surface area (Å²) in [7, 11) is -2.12. The zero-order valence-corrected chi connectivity index (χ0v) is 20.4. The van der Waals surface area contributed by atoms with Crippen LogP contribution in [-0.4, -0.2) is 38.9 Å². The first-order valence-electron chi connectivity index (χ1n) is 9.98. The third-order valence-corrected chi connectivity index (χ3v) is 9.25. The van der Waals surface area contributed by atoms with Crippen molar-refractivity contribution in [1.29, 1.82) is 0 Å².